The summed E-state index contributed by atoms with van der Waals surface area (Å²) in [4.78, 5) is 26.0. The first kappa shape index (κ1) is 17.8. The molecule has 0 saturated carbocycles. The minimum atomic E-state index is -0.849. The van der Waals surface area contributed by atoms with Gasteiger partial charge in [0.25, 0.3) is 0 Å². The van der Waals surface area contributed by atoms with Gasteiger partial charge in [-0.05, 0) is 29.8 Å². The third-order valence-corrected chi connectivity index (χ3v) is 4.33. The van der Waals surface area contributed by atoms with Gasteiger partial charge < -0.3 is 15.0 Å². The van der Waals surface area contributed by atoms with Crippen LogP contribution in [0.4, 0.5) is 14.5 Å². The van der Waals surface area contributed by atoms with E-state index in [1.165, 1.54) is 6.07 Å². The van der Waals surface area contributed by atoms with E-state index in [2.05, 4.69) is 5.32 Å². The summed E-state index contributed by atoms with van der Waals surface area (Å²) >= 11 is 0. The third-order valence-electron chi connectivity index (χ3n) is 4.33. The molecular weight excluding hydrogens is 342 g/mol. The number of hydrogen-bond acceptors (Lipinski definition) is 3. The van der Waals surface area contributed by atoms with Gasteiger partial charge in [0.1, 0.15) is 23.1 Å². The summed E-state index contributed by atoms with van der Waals surface area (Å²) in [6, 6.07) is 10.6. The second-order valence-corrected chi connectivity index (χ2v) is 6.11. The summed E-state index contributed by atoms with van der Waals surface area (Å²) in [6.07, 6.45) is 0.0120. The fourth-order valence-electron chi connectivity index (χ4n) is 2.89. The molecule has 3 rings (SSSR count). The summed E-state index contributed by atoms with van der Waals surface area (Å²) in [6.45, 7) is 0.563. The first-order valence-electron chi connectivity index (χ1n) is 8.13. The van der Waals surface area contributed by atoms with Crippen LogP contribution < -0.4 is 10.1 Å². The number of benzene rings is 2. The van der Waals surface area contributed by atoms with Gasteiger partial charge in [-0.1, -0.05) is 18.2 Å². The zero-order chi connectivity index (χ0) is 18.7. The SMILES string of the molecule is COc1ccc(CN2CC(C(=O)Nc3c(F)cccc3F)CC2=O)cc1. The number of likely N-dealkylation sites (tertiary alicyclic amines) is 1. The number of carbonyl (C=O) groups excluding carboxylic acids is 2. The van der Waals surface area contributed by atoms with Crippen LogP contribution in [-0.4, -0.2) is 30.4 Å². The zero-order valence-electron chi connectivity index (χ0n) is 14.2. The van der Waals surface area contributed by atoms with Crippen LogP contribution in [0.2, 0.25) is 0 Å². The van der Waals surface area contributed by atoms with Crippen LogP contribution >= 0.6 is 0 Å². The highest BCUT2D eigenvalue weighted by molar-refractivity contribution is 5.97. The van der Waals surface area contributed by atoms with E-state index in [4.69, 9.17) is 4.74 Å². The van der Waals surface area contributed by atoms with Crippen molar-refractivity contribution in [2.75, 3.05) is 19.0 Å². The first-order valence-corrected chi connectivity index (χ1v) is 8.13. The fourth-order valence-corrected chi connectivity index (χ4v) is 2.89. The molecule has 0 bridgehead atoms. The lowest BCUT2D eigenvalue weighted by Crippen LogP contribution is -2.28. The third kappa shape index (κ3) is 3.82. The number of carbonyl (C=O) groups is 2. The lowest BCUT2D eigenvalue weighted by molar-refractivity contribution is -0.128. The Balaban J connectivity index is 1.64. The Bertz CT molecular complexity index is 804. The number of anilines is 1. The summed E-state index contributed by atoms with van der Waals surface area (Å²) in [5, 5.41) is 2.26. The van der Waals surface area contributed by atoms with Gasteiger partial charge in [-0.25, -0.2) is 8.78 Å². The fraction of sp³-hybridized carbons (Fsp3) is 0.263. The molecular formula is C19H18F2N2O3. The number of hydrogen-bond donors (Lipinski definition) is 1. The van der Waals surface area contributed by atoms with Gasteiger partial charge in [-0.2, -0.15) is 0 Å². The molecule has 2 aromatic rings. The summed E-state index contributed by atoms with van der Waals surface area (Å²) < 4.78 is 32.4. The molecule has 0 aromatic heterocycles. The number of para-hydroxylation sites is 1. The average molecular weight is 360 g/mol. The maximum atomic E-state index is 13.7. The molecule has 1 aliphatic heterocycles. The predicted molar refractivity (Wildman–Crippen MR) is 91.5 cm³/mol. The van der Waals surface area contributed by atoms with Crippen molar-refractivity contribution in [3.05, 3.63) is 59.7 Å². The molecule has 0 aliphatic carbocycles. The van der Waals surface area contributed by atoms with Gasteiger partial charge in [0.05, 0.1) is 13.0 Å². The Morgan fingerprint density at radius 1 is 1.19 bits per heavy atom. The van der Waals surface area contributed by atoms with E-state index >= 15 is 0 Å². The van der Waals surface area contributed by atoms with Crippen molar-refractivity contribution in [2.45, 2.75) is 13.0 Å². The first-order chi connectivity index (χ1) is 12.5. The molecule has 1 fully saturated rings. The zero-order valence-corrected chi connectivity index (χ0v) is 14.2. The number of halogens is 2. The van der Waals surface area contributed by atoms with E-state index in [0.29, 0.717) is 12.3 Å². The van der Waals surface area contributed by atoms with Crippen LogP contribution in [0.5, 0.6) is 5.75 Å². The minimum Gasteiger partial charge on any atom is -0.497 e. The molecule has 7 heteroatoms. The van der Waals surface area contributed by atoms with Gasteiger partial charge in [0.15, 0.2) is 0 Å². The molecule has 1 N–H and O–H groups in total. The van der Waals surface area contributed by atoms with E-state index in [-0.39, 0.29) is 18.9 Å². The Morgan fingerprint density at radius 3 is 2.46 bits per heavy atom. The number of nitrogens with one attached hydrogen (secondary N) is 1. The molecule has 1 atom stereocenters. The van der Waals surface area contributed by atoms with E-state index in [0.717, 1.165) is 17.7 Å². The molecule has 1 heterocycles. The van der Waals surface area contributed by atoms with E-state index < -0.39 is 29.1 Å². The van der Waals surface area contributed by atoms with Crippen molar-refractivity contribution < 1.29 is 23.1 Å². The van der Waals surface area contributed by atoms with Crippen molar-refractivity contribution in [1.82, 2.24) is 4.90 Å². The van der Waals surface area contributed by atoms with E-state index in [9.17, 15) is 18.4 Å². The minimum absolute atomic E-state index is 0.0120. The lowest BCUT2D eigenvalue weighted by atomic mass is 10.1. The van der Waals surface area contributed by atoms with Crippen molar-refractivity contribution >= 4 is 17.5 Å². The standard InChI is InChI=1S/C19H18F2N2O3/c1-26-14-7-5-12(6-8-14)10-23-11-13(9-17(23)24)19(25)22-18-15(20)3-2-4-16(18)21/h2-8,13H,9-11H2,1H3,(H,22,25). The van der Waals surface area contributed by atoms with Crippen LogP contribution in [0.3, 0.4) is 0 Å². The van der Waals surface area contributed by atoms with Gasteiger partial charge in [0, 0.05) is 19.5 Å². The maximum absolute atomic E-state index is 13.7. The second-order valence-electron chi connectivity index (χ2n) is 6.11. The highest BCUT2D eigenvalue weighted by Crippen LogP contribution is 2.24. The highest BCUT2D eigenvalue weighted by atomic mass is 19.1. The van der Waals surface area contributed by atoms with Gasteiger partial charge in [-0.15, -0.1) is 0 Å². The van der Waals surface area contributed by atoms with Crippen LogP contribution in [0.1, 0.15) is 12.0 Å². The number of ether oxygens (including phenoxy) is 1. The summed E-state index contributed by atoms with van der Waals surface area (Å²) in [5.74, 6) is -2.38. The highest BCUT2D eigenvalue weighted by Gasteiger charge is 2.34. The van der Waals surface area contributed by atoms with Crippen molar-refractivity contribution in [3.63, 3.8) is 0 Å². The van der Waals surface area contributed by atoms with E-state index in [1.807, 2.05) is 12.1 Å². The van der Waals surface area contributed by atoms with Crippen molar-refractivity contribution in [2.24, 2.45) is 5.92 Å². The van der Waals surface area contributed by atoms with Crippen LogP contribution in [-0.2, 0) is 16.1 Å². The molecule has 1 aliphatic rings. The largest absolute Gasteiger partial charge is 0.497 e. The van der Waals surface area contributed by atoms with Crippen LogP contribution in [0.15, 0.2) is 42.5 Å². The Hall–Kier alpha value is -2.96. The van der Waals surface area contributed by atoms with Crippen molar-refractivity contribution in [3.8, 4) is 5.75 Å². The average Bonchev–Trinajstić information content (AvgIpc) is 2.99. The maximum Gasteiger partial charge on any atom is 0.229 e. The monoisotopic (exact) mass is 360 g/mol. The predicted octanol–water partition coefficient (Wildman–Crippen LogP) is 2.96. The van der Waals surface area contributed by atoms with Gasteiger partial charge in [0.2, 0.25) is 11.8 Å². The molecule has 2 amide bonds. The van der Waals surface area contributed by atoms with Gasteiger partial charge >= 0.3 is 0 Å². The van der Waals surface area contributed by atoms with Gasteiger partial charge in [-0.3, -0.25) is 9.59 Å². The summed E-state index contributed by atoms with van der Waals surface area (Å²) in [5.41, 5.74) is 0.416. The Morgan fingerprint density at radius 2 is 1.85 bits per heavy atom. The smallest absolute Gasteiger partial charge is 0.229 e. The molecule has 2 aromatic carbocycles. The number of rotatable bonds is 5. The summed E-state index contributed by atoms with van der Waals surface area (Å²) in [7, 11) is 1.57. The normalized spacial score (nSPS) is 16.7. The number of methoxy groups -OCH3 is 1. The van der Waals surface area contributed by atoms with Crippen molar-refractivity contribution in [1.29, 1.82) is 0 Å². The number of nitrogens with zero attached hydrogens (tertiary/aromatic N) is 1. The van der Waals surface area contributed by atoms with E-state index in [1.54, 1.807) is 24.1 Å². The Kier molecular flexibility index (Phi) is 5.16. The molecule has 0 radical (unpaired) electrons. The van der Waals surface area contributed by atoms with Crippen LogP contribution in [0.25, 0.3) is 0 Å². The number of amides is 2. The molecule has 1 saturated heterocycles. The second kappa shape index (κ2) is 7.51. The molecule has 0 spiro atoms. The van der Waals surface area contributed by atoms with Crippen LogP contribution in [0, 0.1) is 17.6 Å². The molecule has 5 nitrogen and oxygen atoms in total. The molecule has 26 heavy (non-hydrogen) atoms. The topological polar surface area (TPSA) is 58.6 Å². The quantitative estimate of drug-likeness (QED) is 0.892. The molecule has 136 valence electrons. The Labute approximate surface area is 149 Å². The lowest BCUT2D eigenvalue weighted by Gasteiger charge is -2.17. The molecule has 1 unspecified atom stereocenters.